The summed E-state index contributed by atoms with van der Waals surface area (Å²) in [6.07, 6.45) is 0. The van der Waals surface area contributed by atoms with Crippen molar-refractivity contribution in [1.29, 1.82) is 0 Å². The Bertz CT molecular complexity index is 348. The van der Waals surface area contributed by atoms with E-state index in [9.17, 15) is 4.79 Å². The highest BCUT2D eigenvalue weighted by atomic mass is 16.1. The first kappa shape index (κ1) is 5.83. The van der Waals surface area contributed by atoms with Gasteiger partial charge in [-0.1, -0.05) is 0 Å². The molecule has 11 heavy (non-hydrogen) atoms. The van der Waals surface area contributed by atoms with E-state index in [2.05, 4.69) is 25.4 Å². The molecule has 0 saturated carbocycles. The van der Waals surface area contributed by atoms with Crippen LogP contribution in [0.5, 0.6) is 0 Å². The number of aliphatic imine (C=N–C) groups is 2. The van der Waals surface area contributed by atoms with Crippen molar-refractivity contribution in [3.63, 3.8) is 0 Å². The van der Waals surface area contributed by atoms with Gasteiger partial charge in [0.25, 0.3) is 0 Å². The van der Waals surface area contributed by atoms with Crippen molar-refractivity contribution in [3.05, 3.63) is 0 Å². The summed E-state index contributed by atoms with van der Waals surface area (Å²) in [5.41, 5.74) is 5.22. The Morgan fingerprint density at radius 3 is 2.91 bits per heavy atom. The summed E-state index contributed by atoms with van der Waals surface area (Å²) in [7, 11) is 0. The first-order chi connectivity index (χ1) is 5.27. The SMILES string of the molecule is NC1=NC(=O)C2=NN=NC2=N1. The van der Waals surface area contributed by atoms with Gasteiger partial charge in [-0.05, 0) is 5.22 Å². The number of guanidine groups is 1. The highest BCUT2D eigenvalue weighted by molar-refractivity contribution is 6.69. The van der Waals surface area contributed by atoms with Crippen molar-refractivity contribution in [2.24, 2.45) is 31.2 Å². The first-order valence-corrected chi connectivity index (χ1v) is 2.73. The average Bonchev–Trinajstić information content (AvgIpc) is 2.34. The van der Waals surface area contributed by atoms with Crippen LogP contribution in [0.3, 0.4) is 0 Å². The summed E-state index contributed by atoms with van der Waals surface area (Å²) in [6.45, 7) is 0. The van der Waals surface area contributed by atoms with E-state index in [0.717, 1.165) is 0 Å². The van der Waals surface area contributed by atoms with Gasteiger partial charge in [-0.2, -0.15) is 9.98 Å². The fourth-order valence-corrected chi connectivity index (χ4v) is 0.706. The van der Waals surface area contributed by atoms with E-state index in [1.165, 1.54) is 0 Å². The molecule has 2 heterocycles. The Kier molecular flexibility index (Phi) is 0.945. The van der Waals surface area contributed by atoms with E-state index in [1.807, 2.05) is 0 Å². The molecule has 0 unspecified atom stereocenters. The van der Waals surface area contributed by atoms with Gasteiger partial charge in [0.05, 0.1) is 0 Å². The molecule has 0 fully saturated rings. The molecule has 0 aromatic carbocycles. The molecule has 0 spiro atoms. The zero-order valence-electron chi connectivity index (χ0n) is 5.22. The molecular formula is C4H2N6O. The van der Waals surface area contributed by atoms with Crippen LogP contribution in [0.1, 0.15) is 0 Å². The van der Waals surface area contributed by atoms with Gasteiger partial charge in [-0.25, -0.2) is 0 Å². The van der Waals surface area contributed by atoms with Crippen LogP contribution >= 0.6 is 0 Å². The third-order valence-corrected chi connectivity index (χ3v) is 1.14. The second-order valence-electron chi connectivity index (χ2n) is 1.85. The van der Waals surface area contributed by atoms with Gasteiger partial charge in [0, 0.05) is 0 Å². The van der Waals surface area contributed by atoms with E-state index >= 15 is 0 Å². The molecule has 0 atom stereocenters. The molecule has 2 N–H and O–H groups in total. The number of nitrogens with two attached hydrogens (primary N) is 1. The van der Waals surface area contributed by atoms with Gasteiger partial charge in [0.15, 0.2) is 0 Å². The Morgan fingerprint density at radius 1 is 1.27 bits per heavy atom. The average molecular weight is 150 g/mol. The predicted molar refractivity (Wildman–Crippen MR) is 36.4 cm³/mol. The fraction of sp³-hybridized carbons (Fsp3) is 0. The quantitative estimate of drug-likeness (QED) is 0.481. The summed E-state index contributed by atoms with van der Waals surface area (Å²) in [4.78, 5) is 17.9. The van der Waals surface area contributed by atoms with E-state index in [4.69, 9.17) is 5.73 Å². The van der Waals surface area contributed by atoms with Crippen molar-refractivity contribution < 1.29 is 4.79 Å². The van der Waals surface area contributed by atoms with Crippen LogP contribution in [0, 0.1) is 0 Å². The molecule has 0 radical (unpaired) electrons. The lowest BCUT2D eigenvalue weighted by Gasteiger charge is -1.99. The zero-order valence-corrected chi connectivity index (χ0v) is 5.22. The van der Waals surface area contributed by atoms with Crippen molar-refractivity contribution in [3.8, 4) is 0 Å². The summed E-state index contributed by atoms with van der Waals surface area (Å²) in [6, 6.07) is 0. The molecule has 0 saturated heterocycles. The standard InChI is InChI=1S/C4H2N6O/c5-4-6-2-1(3(11)7-4)8-10-9-2/h(H2,5,7,11). The summed E-state index contributed by atoms with van der Waals surface area (Å²) < 4.78 is 0. The molecule has 2 rings (SSSR count). The van der Waals surface area contributed by atoms with E-state index in [-0.39, 0.29) is 17.5 Å². The molecule has 0 aromatic heterocycles. The Morgan fingerprint density at radius 2 is 2.09 bits per heavy atom. The first-order valence-electron chi connectivity index (χ1n) is 2.73. The smallest absolute Gasteiger partial charge is 0.304 e. The number of fused-ring (bicyclic) bond motifs is 1. The van der Waals surface area contributed by atoms with Gasteiger partial charge in [-0.3, -0.25) is 4.79 Å². The normalized spacial score (nSPS) is 20.7. The lowest BCUT2D eigenvalue weighted by molar-refractivity contribution is -0.111. The molecule has 0 aromatic rings. The number of carbonyl (C=O) groups is 1. The van der Waals surface area contributed by atoms with Gasteiger partial charge in [0.2, 0.25) is 17.5 Å². The number of hydrogen-bond acceptors (Lipinski definition) is 6. The van der Waals surface area contributed by atoms with Gasteiger partial charge >= 0.3 is 5.91 Å². The minimum Gasteiger partial charge on any atom is -0.368 e. The maximum Gasteiger partial charge on any atom is 0.304 e. The minimum atomic E-state index is -0.544. The highest BCUT2D eigenvalue weighted by Gasteiger charge is 2.26. The van der Waals surface area contributed by atoms with Crippen molar-refractivity contribution >= 4 is 23.4 Å². The van der Waals surface area contributed by atoms with Crippen LogP contribution in [0.2, 0.25) is 0 Å². The van der Waals surface area contributed by atoms with Crippen molar-refractivity contribution in [1.82, 2.24) is 0 Å². The van der Waals surface area contributed by atoms with Gasteiger partial charge < -0.3 is 5.73 Å². The number of nitrogens with zero attached hydrogens (tertiary/aromatic N) is 5. The largest absolute Gasteiger partial charge is 0.368 e. The monoisotopic (exact) mass is 150 g/mol. The minimum absolute atomic E-state index is 0.0548. The molecule has 54 valence electrons. The summed E-state index contributed by atoms with van der Waals surface area (Å²) in [5, 5.41) is 10.1. The number of hydrogen-bond donors (Lipinski definition) is 1. The molecule has 0 aliphatic carbocycles. The van der Waals surface area contributed by atoms with Crippen LogP contribution in [0.15, 0.2) is 25.4 Å². The van der Waals surface area contributed by atoms with Crippen LogP contribution in [-0.2, 0) is 4.79 Å². The van der Waals surface area contributed by atoms with E-state index in [1.54, 1.807) is 0 Å². The fourth-order valence-electron chi connectivity index (χ4n) is 0.706. The lowest BCUT2D eigenvalue weighted by atomic mass is 10.3. The van der Waals surface area contributed by atoms with Crippen molar-refractivity contribution in [2.45, 2.75) is 0 Å². The molecule has 7 heteroatoms. The molecule has 1 amide bonds. The molecular weight excluding hydrogens is 148 g/mol. The third kappa shape index (κ3) is 0.741. The topological polar surface area (TPSA) is 105 Å². The van der Waals surface area contributed by atoms with Gasteiger partial charge in [-0.15, -0.1) is 10.2 Å². The summed E-state index contributed by atoms with van der Waals surface area (Å²) >= 11 is 0. The molecule has 7 nitrogen and oxygen atoms in total. The highest BCUT2D eigenvalue weighted by Crippen LogP contribution is 2.05. The van der Waals surface area contributed by atoms with E-state index < -0.39 is 5.91 Å². The van der Waals surface area contributed by atoms with Crippen LogP contribution < -0.4 is 5.73 Å². The van der Waals surface area contributed by atoms with Crippen molar-refractivity contribution in [2.75, 3.05) is 0 Å². The maximum absolute atomic E-state index is 10.9. The Labute approximate surface area is 60.4 Å². The van der Waals surface area contributed by atoms with Crippen LogP contribution in [0.25, 0.3) is 0 Å². The third-order valence-electron chi connectivity index (χ3n) is 1.14. The zero-order chi connectivity index (χ0) is 7.84. The van der Waals surface area contributed by atoms with Gasteiger partial charge in [0.1, 0.15) is 0 Å². The second kappa shape index (κ2) is 1.78. The summed E-state index contributed by atoms with van der Waals surface area (Å²) in [5.74, 6) is -0.509. The second-order valence-corrected chi connectivity index (χ2v) is 1.85. The predicted octanol–water partition coefficient (Wildman–Crippen LogP) is -0.938. The lowest BCUT2D eigenvalue weighted by Crippen LogP contribution is -2.28. The molecule has 0 bridgehead atoms. The van der Waals surface area contributed by atoms with Crippen LogP contribution in [-0.4, -0.2) is 23.4 Å². The Hall–Kier alpha value is -1.92. The number of rotatable bonds is 0. The number of amides is 1. The molecule has 2 aliphatic heterocycles. The van der Waals surface area contributed by atoms with Crippen LogP contribution in [0.4, 0.5) is 0 Å². The van der Waals surface area contributed by atoms with E-state index in [0.29, 0.717) is 0 Å². The number of carbonyl (C=O) groups excluding carboxylic acids is 1. The molecule has 2 aliphatic rings. The number of amidine groups is 1. The Balaban J connectivity index is 2.54. The maximum atomic E-state index is 10.9.